The minimum Gasteiger partial charge on any atom is -0.0885 e. The number of halogens is 1. The van der Waals surface area contributed by atoms with Crippen molar-refractivity contribution in [3.63, 3.8) is 0 Å². The summed E-state index contributed by atoms with van der Waals surface area (Å²) in [5.74, 6) is 0. The molecule has 0 aromatic carbocycles. The maximum Gasteiger partial charge on any atom is -0.000178 e. The maximum absolute atomic E-state index is 2.43. The SMILES string of the molecule is CCCCCC=CCCCI. The van der Waals surface area contributed by atoms with Gasteiger partial charge in [0.25, 0.3) is 0 Å². The molecule has 0 atom stereocenters. The van der Waals surface area contributed by atoms with E-state index in [2.05, 4.69) is 41.7 Å². The number of allylic oxidation sites excluding steroid dienone is 2. The number of hydrogen-bond donors (Lipinski definition) is 0. The number of rotatable bonds is 7. The zero-order chi connectivity index (χ0) is 8.36. The Balaban J connectivity index is 2.91. The van der Waals surface area contributed by atoms with Gasteiger partial charge in [0, 0.05) is 0 Å². The summed E-state index contributed by atoms with van der Waals surface area (Å²) in [6, 6.07) is 0. The predicted octanol–water partition coefficient (Wildman–Crippen LogP) is 4.34. The van der Waals surface area contributed by atoms with E-state index in [0.29, 0.717) is 0 Å². The lowest BCUT2D eigenvalue weighted by Gasteiger charge is -1.91. The van der Waals surface area contributed by atoms with Gasteiger partial charge in [-0.2, -0.15) is 0 Å². The highest BCUT2D eigenvalue weighted by atomic mass is 127. The van der Waals surface area contributed by atoms with Crippen LogP contribution in [0.2, 0.25) is 0 Å². The van der Waals surface area contributed by atoms with E-state index in [1.165, 1.54) is 43.0 Å². The second kappa shape index (κ2) is 10.5. The Bertz CT molecular complexity index is 86.9. The Labute approximate surface area is 84.6 Å². The second-order valence-electron chi connectivity index (χ2n) is 2.80. The molecule has 0 amide bonds. The Morgan fingerprint density at radius 3 is 2.18 bits per heavy atom. The quantitative estimate of drug-likeness (QED) is 0.278. The van der Waals surface area contributed by atoms with Crippen LogP contribution >= 0.6 is 22.6 Å². The van der Waals surface area contributed by atoms with E-state index in [1.54, 1.807) is 0 Å². The van der Waals surface area contributed by atoms with Crippen LogP contribution in [0.15, 0.2) is 12.2 Å². The van der Waals surface area contributed by atoms with Crippen LogP contribution in [0.5, 0.6) is 0 Å². The van der Waals surface area contributed by atoms with E-state index in [1.807, 2.05) is 0 Å². The molecule has 0 aromatic rings. The molecule has 0 bridgehead atoms. The average molecular weight is 266 g/mol. The van der Waals surface area contributed by atoms with Crippen molar-refractivity contribution in [3.8, 4) is 0 Å². The normalized spacial score (nSPS) is 11.1. The van der Waals surface area contributed by atoms with Gasteiger partial charge in [0.05, 0.1) is 0 Å². The Hall–Kier alpha value is 0.470. The van der Waals surface area contributed by atoms with E-state index in [0.717, 1.165) is 0 Å². The maximum atomic E-state index is 2.43. The molecule has 0 unspecified atom stereocenters. The predicted molar refractivity (Wildman–Crippen MR) is 61.4 cm³/mol. The van der Waals surface area contributed by atoms with Crippen LogP contribution in [-0.4, -0.2) is 4.43 Å². The molecule has 66 valence electrons. The third-order valence-corrected chi connectivity index (χ3v) is 2.41. The highest BCUT2D eigenvalue weighted by molar-refractivity contribution is 14.1. The van der Waals surface area contributed by atoms with Gasteiger partial charge in [0.15, 0.2) is 0 Å². The molecule has 1 heteroatoms. The summed E-state index contributed by atoms with van der Waals surface area (Å²) >= 11 is 2.43. The third kappa shape index (κ3) is 10.5. The molecule has 0 aromatic heterocycles. The fraction of sp³-hybridized carbons (Fsp3) is 0.800. The van der Waals surface area contributed by atoms with E-state index in [4.69, 9.17) is 0 Å². The minimum atomic E-state index is 1.27. The average Bonchev–Trinajstić information content (AvgIpc) is 2.03. The van der Waals surface area contributed by atoms with Crippen molar-refractivity contribution in [1.82, 2.24) is 0 Å². The first-order valence-electron chi connectivity index (χ1n) is 4.62. The lowest BCUT2D eigenvalue weighted by molar-refractivity contribution is 0.727. The van der Waals surface area contributed by atoms with E-state index in [-0.39, 0.29) is 0 Å². The van der Waals surface area contributed by atoms with Crippen molar-refractivity contribution in [2.75, 3.05) is 4.43 Å². The van der Waals surface area contributed by atoms with Crippen LogP contribution in [-0.2, 0) is 0 Å². The molecule has 0 N–H and O–H groups in total. The van der Waals surface area contributed by atoms with E-state index >= 15 is 0 Å². The standard InChI is InChI=1S/C10H19I/c1-2-3-4-5-6-7-8-9-10-11/h6-7H,2-5,8-10H2,1H3. The molecule has 0 radical (unpaired) electrons. The van der Waals surface area contributed by atoms with Gasteiger partial charge in [0.2, 0.25) is 0 Å². The molecule has 11 heavy (non-hydrogen) atoms. The van der Waals surface area contributed by atoms with Crippen LogP contribution in [0.3, 0.4) is 0 Å². The van der Waals surface area contributed by atoms with Gasteiger partial charge in [-0.15, -0.1) is 0 Å². The highest BCUT2D eigenvalue weighted by Gasteiger charge is 1.81. The first-order chi connectivity index (χ1) is 5.41. The van der Waals surface area contributed by atoms with Gasteiger partial charge < -0.3 is 0 Å². The lowest BCUT2D eigenvalue weighted by Crippen LogP contribution is -1.72. The molecule has 0 heterocycles. The van der Waals surface area contributed by atoms with Crippen molar-refractivity contribution in [2.45, 2.75) is 45.4 Å². The molecular weight excluding hydrogens is 247 g/mol. The summed E-state index contributed by atoms with van der Waals surface area (Å²) in [5, 5.41) is 0. The summed E-state index contributed by atoms with van der Waals surface area (Å²) in [4.78, 5) is 0. The molecule has 0 fully saturated rings. The smallest absolute Gasteiger partial charge is 0.000178 e. The number of alkyl halides is 1. The fourth-order valence-corrected chi connectivity index (χ4v) is 1.38. The van der Waals surface area contributed by atoms with Crippen LogP contribution in [0, 0.1) is 0 Å². The molecule has 0 aliphatic carbocycles. The van der Waals surface area contributed by atoms with E-state index < -0.39 is 0 Å². The van der Waals surface area contributed by atoms with Crippen molar-refractivity contribution in [3.05, 3.63) is 12.2 Å². The van der Waals surface area contributed by atoms with Crippen molar-refractivity contribution in [1.29, 1.82) is 0 Å². The summed E-state index contributed by atoms with van der Waals surface area (Å²) < 4.78 is 1.29. The second-order valence-corrected chi connectivity index (χ2v) is 3.88. The summed E-state index contributed by atoms with van der Waals surface area (Å²) in [6.07, 6.45) is 12.7. The van der Waals surface area contributed by atoms with Crippen molar-refractivity contribution < 1.29 is 0 Å². The molecule has 0 nitrogen and oxygen atoms in total. The lowest BCUT2D eigenvalue weighted by atomic mass is 10.2. The van der Waals surface area contributed by atoms with Gasteiger partial charge in [-0.25, -0.2) is 0 Å². The van der Waals surface area contributed by atoms with Crippen LogP contribution in [0.4, 0.5) is 0 Å². The third-order valence-electron chi connectivity index (χ3n) is 1.65. The summed E-state index contributed by atoms with van der Waals surface area (Å²) in [5.41, 5.74) is 0. The van der Waals surface area contributed by atoms with Gasteiger partial charge in [0.1, 0.15) is 0 Å². The topological polar surface area (TPSA) is 0 Å². The fourth-order valence-electron chi connectivity index (χ4n) is 0.943. The zero-order valence-corrected chi connectivity index (χ0v) is 9.64. The largest absolute Gasteiger partial charge is 0.0885 e. The van der Waals surface area contributed by atoms with E-state index in [9.17, 15) is 0 Å². The Morgan fingerprint density at radius 2 is 1.64 bits per heavy atom. The van der Waals surface area contributed by atoms with Gasteiger partial charge >= 0.3 is 0 Å². The zero-order valence-electron chi connectivity index (χ0n) is 7.48. The van der Waals surface area contributed by atoms with Crippen LogP contribution in [0.25, 0.3) is 0 Å². The van der Waals surface area contributed by atoms with Gasteiger partial charge in [-0.05, 0) is 30.1 Å². The van der Waals surface area contributed by atoms with Gasteiger partial charge in [-0.3, -0.25) is 0 Å². The highest BCUT2D eigenvalue weighted by Crippen LogP contribution is 2.01. The summed E-state index contributed by atoms with van der Waals surface area (Å²) in [6.45, 7) is 2.25. The minimum absolute atomic E-state index is 1.27. The van der Waals surface area contributed by atoms with Crippen LogP contribution in [0.1, 0.15) is 45.4 Å². The molecular formula is C10H19I. The number of hydrogen-bond acceptors (Lipinski definition) is 0. The molecule has 0 aliphatic heterocycles. The van der Waals surface area contributed by atoms with Gasteiger partial charge in [-0.1, -0.05) is 54.5 Å². The van der Waals surface area contributed by atoms with Crippen LogP contribution < -0.4 is 0 Å². The monoisotopic (exact) mass is 266 g/mol. The molecule has 0 rings (SSSR count). The molecule has 0 spiro atoms. The molecule has 0 saturated heterocycles. The summed E-state index contributed by atoms with van der Waals surface area (Å²) in [7, 11) is 0. The molecule has 0 aliphatic rings. The Kier molecular flexibility index (Phi) is 10.9. The Morgan fingerprint density at radius 1 is 1.00 bits per heavy atom. The van der Waals surface area contributed by atoms with Crippen molar-refractivity contribution in [2.24, 2.45) is 0 Å². The van der Waals surface area contributed by atoms with Crippen molar-refractivity contribution >= 4 is 22.6 Å². The first kappa shape index (κ1) is 11.5. The first-order valence-corrected chi connectivity index (χ1v) is 6.15. The molecule has 0 saturated carbocycles. The number of unbranched alkanes of at least 4 members (excludes halogenated alkanes) is 4.